The van der Waals surface area contributed by atoms with Gasteiger partial charge in [-0.15, -0.1) is 24.8 Å². The van der Waals surface area contributed by atoms with Crippen LogP contribution in [0, 0.1) is 6.92 Å². The molecule has 1 unspecified atom stereocenters. The fourth-order valence-corrected chi connectivity index (χ4v) is 2.16. The average molecular weight is 374 g/mol. The molecule has 3 N–H and O–H groups in total. The molecule has 0 fully saturated rings. The minimum atomic E-state index is -0.00207. The highest BCUT2D eigenvalue weighted by Gasteiger charge is 2.12. The minimum absolute atomic E-state index is 0. The zero-order valence-electron chi connectivity index (χ0n) is 14.0. The normalized spacial score (nSPS) is 11.1. The lowest BCUT2D eigenvalue weighted by atomic mass is 10.1. The number of benzene rings is 1. The molecular formula is C17H25Cl2N3O2. The number of aryl methyl sites for hydroxylation is 2. The van der Waals surface area contributed by atoms with Crippen molar-refractivity contribution in [3.8, 4) is 11.3 Å². The van der Waals surface area contributed by atoms with Gasteiger partial charge in [-0.2, -0.15) is 0 Å². The standard InChI is InChI=1S/C17H23N3O2.2ClH/c1-12(18)10-11-19-15(21)8-9-16-20-13(2)17(22-16)14-6-4-3-5-7-14;;/h3-7,12H,8-11,18H2,1-2H3,(H,19,21);2*1H. The van der Waals surface area contributed by atoms with Crippen molar-refractivity contribution in [3.63, 3.8) is 0 Å². The molecule has 0 aliphatic carbocycles. The number of oxazole rings is 1. The summed E-state index contributed by atoms with van der Waals surface area (Å²) in [6.07, 6.45) is 1.65. The number of hydrogen-bond donors (Lipinski definition) is 2. The fourth-order valence-electron chi connectivity index (χ4n) is 2.16. The molecule has 1 aromatic carbocycles. The number of amides is 1. The van der Waals surface area contributed by atoms with Crippen molar-refractivity contribution in [2.24, 2.45) is 5.73 Å². The van der Waals surface area contributed by atoms with E-state index < -0.39 is 0 Å². The van der Waals surface area contributed by atoms with Crippen molar-refractivity contribution in [2.45, 2.75) is 39.2 Å². The number of nitrogens with one attached hydrogen (secondary N) is 1. The molecule has 1 amide bonds. The molecule has 1 heterocycles. The first-order chi connectivity index (χ1) is 10.6. The summed E-state index contributed by atoms with van der Waals surface area (Å²) in [4.78, 5) is 16.1. The van der Waals surface area contributed by atoms with Crippen molar-refractivity contribution in [2.75, 3.05) is 6.54 Å². The average Bonchev–Trinajstić information content (AvgIpc) is 2.87. The van der Waals surface area contributed by atoms with Gasteiger partial charge in [0.2, 0.25) is 5.91 Å². The molecule has 0 aliphatic heterocycles. The molecule has 24 heavy (non-hydrogen) atoms. The van der Waals surface area contributed by atoms with Crippen LogP contribution in [0.25, 0.3) is 11.3 Å². The second-order valence-corrected chi connectivity index (χ2v) is 5.50. The molecule has 0 saturated heterocycles. The molecule has 1 atom stereocenters. The van der Waals surface area contributed by atoms with E-state index in [4.69, 9.17) is 10.2 Å². The second kappa shape index (κ2) is 11.1. The van der Waals surface area contributed by atoms with Gasteiger partial charge in [0.05, 0.1) is 5.69 Å². The molecule has 0 bridgehead atoms. The van der Waals surface area contributed by atoms with Crippen LogP contribution in [-0.2, 0) is 11.2 Å². The predicted molar refractivity (Wildman–Crippen MR) is 101 cm³/mol. The summed E-state index contributed by atoms with van der Waals surface area (Å²) >= 11 is 0. The van der Waals surface area contributed by atoms with Crippen molar-refractivity contribution in [1.29, 1.82) is 0 Å². The summed E-state index contributed by atoms with van der Waals surface area (Å²) in [7, 11) is 0. The summed E-state index contributed by atoms with van der Waals surface area (Å²) in [5, 5.41) is 2.85. The monoisotopic (exact) mass is 373 g/mol. The van der Waals surface area contributed by atoms with E-state index in [1.54, 1.807) is 0 Å². The number of hydrogen-bond acceptors (Lipinski definition) is 4. The third-order valence-electron chi connectivity index (χ3n) is 3.36. The molecule has 2 aromatic rings. The van der Waals surface area contributed by atoms with E-state index in [0.29, 0.717) is 25.3 Å². The van der Waals surface area contributed by atoms with Crippen molar-refractivity contribution in [1.82, 2.24) is 10.3 Å². The Morgan fingerprint density at radius 3 is 2.58 bits per heavy atom. The summed E-state index contributed by atoms with van der Waals surface area (Å²) in [6.45, 7) is 4.45. The molecule has 5 nitrogen and oxygen atoms in total. The van der Waals surface area contributed by atoms with Gasteiger partial charge in [0, 0.05) is 31.0 Å². The molecule has 0 saturated carbocycles. The number of carbonyl (C=O) groups excluding carboxylic acids is 1. The van der Waals surface area contributed by atoms with E-state index in [0.717, 1.165) is 23.4 Å². The second-order valence-electron chi connectivity index (χ2n) is 5.50. The van der Waals surface area contributed by atoms with E-state index in [-0.39, 0.29) is 36.8 Å². The van der Waals surface area contributed by atoms with Crippen molar-refractivity contribution in [3.05, 3.63) is 41.9 Å². The summed E-state index contributed by atoms with van der Waals surface area (Å²) < 4.78 is 5.78. The molecule has 134 valence electrons. The molecule has 0 spiro atoms. The van der Waals surface area contributed by atoms with Crippen LogP contribution in [0.3, 0.4) is 0 Å². The van der Waals surface area contributed by atoms with Gasteiger partial charge >= 0.3 is 0 Å². The van der Waals surface area contributed by atoms with Gasteiger partial charge in [-0.25, -0.2) is 4.98 Å². The lowest BCUT2D eigenvalue weighted by Crippen LogP contribution is -2.29. The van der Waals surface area contributed by atoms with Gasteiger partial charge in [-0.1, -0.05) is 30.3 Å². The first-order valence-corrected chi connectivity index (χ1v) is 7.60. The Hall–Kier alpha value is -1.56. The quantitative estimate of drug-likeness (QED) is 0.779. The van der Waals surface area contributed by atoms with Gasteiger partial charge in [0.15, 0.2) is 11.7 Å². The highest BCUT2D eigenvalue weighted by Crippen LogP contribution is 2.24. The van der Waals surface area contributed by atoms with Crippen LogP contribution >= 0.6 is 24.8 Å². The van der Waals surface area contributed by atoms with Crippen LogP contribution in [-0.4, -0.2) is 23.5 Å². The highest BCUT2D eigenvalue weighted by molar-refractivity contribution is 5.85. The van der Waals surface area contributed by atoms with Crippen LogP contribution in [0.5, 0.6) is 0 Å². The number of aromatic nitrogens is 1. The lowest BCUT2D eigenvalue weighted by molar-refractivity contribution is -0.121. The fraction of sp³-hybridized carbons (Fsp3) is 0.412. The zero-order chi connectivity index (χ0) is 15.9. The molecular weight excluding hydrogens is 349 g/mol. The first kappa shape index (κ1) is 22.4. The number of halogens is 2. The van der Waals surface area contributed by atoms with E-state index in [1.165, 1.54) is 0 Å². The van der Waals surface area contributed by atoms with E-state index in [9.17, 15) is 4.79 Å². The number of nitrogens with zero attached hydrogens (tertiary/aromatic N) is 1. The Morgan fingerprint density at radius 1 is 1.29 bits per heavy atom. The number of carbonyl (C=O) groups is 1. The smallest absolute Gasteiger partial charge is 0.220 e. The Bertz CT molecular complexity index is 616. The topological polar surface area (TPSA) is 81.2 Å². The SMILES string of the molecule is Cc1nc(CCC(=O)NCCC(C)N)oc1-c1ccccc1.Cl.Cl. The third kappa shape index (κ3) is 6.91. The predicted octanol–water partition coefficient (Wildman–Crippen LogP) is 3.28. The van der Waals surface area contributed by atoms with Crippen LogP contribution in [0.15, 0.2) is 34.7 Å². The molecule has 0 radical (unpaired) electrons. The van der Waals surface area contributed by atoms with Crippen LogP contribution in [0.4, 0.5) is 0 Å². The Labute approximate surface area is 155 Å². The highest BCUT2D eigenvalue weighted by atomic mass is 35.5. The lowest BCUT2D eigenvalue weighted by Gasteiger charge is -2.06. The van der Waals surface area contributed by atoms with Crippen LogP contribution < -0.4 is 11.1 Å². The summed E-state index contributed by atoms with van der Waals surface area (Å²) in [6, 6.07) is 9.95. The van der Waals surface area contributed by atoms with Crippen LogP contribution in [0.2, 0.25) is 0 Å². The maximum Gasteiger partial charge on any atom is 0.220 e. The Morgan fingerprint density at radius 2 is 1.96 bits per heavy atom. The molecule has 0 aliphatic rings. The Balaban J connectivity index is 0.00000264. The van der Waals surface area contributed by atoms with Crippen molar-refractivity contribution >= 4 is 30.7 Å². The minimum Gasteiger partial charge on any atom is -0.440 e. The Kier molecular flexibility index (Phi) is 10.4. The van der Waals surface area contributed by atoms with Gasteiger partial charge in [0.25, 0.3) is 0 Å². The number of nitrogens with two attached hydrogens (primary N) is 1. The maximum atomic E-state index is 11.7. The van der Waals surface area contributed by atoms with Gasteiger partial charge in [-0.05, 0) is 20.3 Å². The summed E-state index contributed by atoms with van der Waals surface area (Å²) in [5.41, 5.74) is 7.49. The van der Waals surface area contributed by atoms with Gasteiger partial charge in [0.1, 0.15) is 0 Å². The van der Waals surface area contributed by atoms with Gasteiger partial charge < -0.3 is 15.5 Å². The van der Waals surface area contributed by atoms with Gasteiger partial charge in [-0.3, -0.25) is 4.79 Å². The maximum absolute atomic E-state index is 11.7. The van der Waals surface area contributed by atoms with E-state index in [1.807, 2.05) is 44.2 Å². The molecule has 1 aromatic heterocycles. The number of rotatable bonds is 7. The van der Waals surface area contributed by atoms with Crippen molar-refractivity contribution < 1.29 is 9.21 Å². The molecule has 2 rings (SSSR count). The van der Waals surface area contributed by atoms with E-state index >= 15 is 0 Å². The zero-order valence-corrected chi connectivity index (χ0v) is 15.6. The first-order valence-electron chi connectivity index (χ1n) is 7.60. The van der Waals surface area contributed by atoms with E-state index in [2.05, 4.69) is 10.3 Å². The third-order valence-corrected chi connectivity index (χ3v) is 3.36. The largest absolute Gasteiger partial charge is 0.440 e. The van der Waals surface area contributed by atoms with Crippen LogP contribution in [0.1, 0.15) is 31.4 Å². The molecule has 7 heteroatoms. The summed E-state index contributed by atoms with van der Waals surface area (Å²) in [5.74, 6) is 1.37.